The number of thiazole rings is 1. The predicted octanol–water partition coefficient (Wildman–Crippen LogP) is 1.74. The van der Waals surface area contributed by atoms with Gasteiger partial charge in [-0.15, -0.1) is 0 Å². The zero-order valence-electron chi connectivity index (χ0n) is 9.19. The molecule has 0 atom stereocenters. The molecule has 0 unspecified atom stereocenters. The molecular weight excluding hydrogens is 228 g/mol. The van der Waals surface area contributed by atoms with E-state index in [4.69, 9.17) is 9.84 Å². The maximum absolute atomic E-state index is 10.8. The minimum Gasteiger partial charge on any atom is -0.477 e. The third-order valence-corrected chi connectivity index (χ3v) is 3.82. The molecule has 16 heavy (non-hydrogen) atoms. The average molecular weight is 242 g/mol. The van der Waals surface area contributed by atoms with Crippen molar-refractivity contribution >= 4 is 22.4 Å². The van der Waals surface area contributed by atoms with Crippen molar-refractivity contribution in [2.24, 2.45) is 0 Å². The Morgan fingerprint density at radius 3 is 2.81 bits per heavy atom. The standard InChI is InChI=1S/C10H14N2O3S/c1-5-8(9(13)14)16-10(11-5)12-6-3-7(4-6)15-2/h6-7H,3-4H2,1-2H3,(H,11,12)(H,13,14). The van der Waals surface area contributed by atoms with Crippen molar-refractivity contribution in [1.29, 1.82) is 0 Å². The third-order valence-electron chi connectivity index (χ3n) is 2.75. The minimum atomic E-state index is -0.911. The first-order valence-corrected chi connectivity index (χ1v) is 5.92. The fourth-order valence-electron chi connectivity index (χ4n) is 1.71. The highest BCUT2D eigenvalue weighted by molar-refractivity contribution is 7.17. The molecule has 1 aromatic heterocycles. The highest BCUT2D eigenvalue weighted by Gasteiger charge is 2.29. The molecule has 1 saturated carbocycles. The summed E-state index contributed by atoms with van der Waals surface area (Å²) in [5.74, 6) is -0.911. The Bertz CT molecular complexity index is 399. The minimum absolute atomic E-state index is 0.310. The molecule has 2 rings (SSSR count). The van der Waals surface area contributed by atoms with Crippen molar-refractivity contribution in [2.45, 2.75) is 31.9 Å². The summed E-state index contributed by atoms with van der Waals surface area (Å²) in [6.07, 6.45) is 2.24. The van der Waals surface area contributed by atoms with Crippen LogP contribution in [0.3, 0.4) is 0 Å². The predicted molar refractivity (Wildman–Crippen MR) is 61.3 cm³/mol. The van der Waals surface area contributed by atoms with E-state index in [0.717, 1.165) is 12.8 Å². The Morgan fingerprint density at radius 1 is 1.62 bits per heavy atom. The van der Waals surface area contributed by atoms with Crippen molar-refractivity contribution in [2.75, 3.05) is 12.4 Å². The largest absolute Gasteiger partial charge is 0.477 e. The van der Waals surface area contributed by atoms with Gasteiger partial charge in [0.05, 0.1) is 11.8 Å². The van der Waals surface area contributed by atoms with Crippen LogP contribution in [0.2, 0.25) is 0 Å². The Kier molecular flexibility index (Phi) is 3.11. The van der Waals surface area contributed by atoms with Crippen LogP contribution >= 0.6 is 11.3 Å². The maximum Gasteiger partial charge on any atom is 0.347 e. The SMILES string of the molecule is COC1CC(Nc2nc(C)c(C(=O)O)s2)C1. The number of hydrogen-bond donors (Lipinski definition) is 2. The number of hydrogen-bond acceptors (Lipinski definition) is 5. The fraction of sp³-hybridized carbons (Fsp3) is 0.600. The van der Waals surface area contributed by atoms with Crippen molar-refractivity contribution in [3.05, 3.63) is 10.6 Å². The molecule has 1 aromatic rings. The van der Waals surface area contributed by atoms with E-state index in [-0.39, 0.29) is 0 Å². The van der Waals surface area contributed by atoms with Gasteiger partial charge in [-0.1, -0.05) is 11.3 Å². The Hall–Kier alpha value is -1.14. The number of carboxylic acids is 1. The molecule has 0 amide bonds. The molecule has 0 bridgehead atoms. The van der Waals surface area contributed by atoms with Crippen LogP contribution in [0.4, 0.5) is 5.13 Å². The Labute approximate surface area is 97.5 Å². The second kappa shape index (κ2) is 4.39. The number of rotatable bonds is 4. The molecule has 88 valence electrons. The van der Waals surface area contributed by atoms with E-state index >= 15 is 0 Å². The normalized spacial score (nSPS) is 23.9. The van der Waals surface area contributed by atoms with Crippen molar-refractivity contribution < 1.29 is 14.6 Å². The fourth-order valence-corrected chi connectivity index (χ4v) is 2.59. The number of nitrogens with zero attached hydrogens (tertiary/aromatic N) is 1. The smallest absolute Gasteiger partial charge is 0.347 e. The van der Waals surface area contributed by atoms with Gasteiger partial charge in [0.15, 0.2) is 5.13 Å². The first-order chi connectivity index (χ1) is 7.60. The summed E-state index contributed by atoms with van der Waals surface area (Å²) in [5, 5.41) is 12.8. The second-order valence-electron chi connectivity index (χ2n) is 3.91. The summed E-state index contributed by atoms with van der Waals surface area (Å²) < 4.78 is 5.17. The van der Waals surface area contributed by atoms with E-state index in [2.05, 4.69) is 10.3 Å². The van der Waals surface area contributed by atoms with E-state index < -0.39 is 5.97 Å². The molecule has 6 heteroatoms. The van der Waals surface area contributed by atoms with Crippen LogP contribution in [-0.2, 0) is 4.74 Å². The molecular formula is C10H14N2O3S. The Morgan fingerprint density at radius 2 is 2.31 bits per heavy atom. The van der Waals surface area contributed by atoms with E-state index in [1.165, 1.54) is 11.3 Å². The van der Waals surface area contributed by atoms with Gasteiger partial charge >= 0.3 is 5.97 Å². The molecule has 0 saturated heterocycles. The van der Waals surface area contributed by atoms with Gasteiger partial charge in [0, 0.05) is 13.2 Å². The molecule has 0 radical (unpaired) electrons. The molecule has 0 spiro atoms. The van der Waals surface area contributed by atoms with Crippen LogP contribution in [0.25, 0.3) is 0 Å². The number of methoxy groups -OCH3 is 1. The van der Waals surface area contributed by atoms with Gasteiger partial charge in [0.25, 0.3) is 0 Å². The number of aryl methyl sites for hydroxylation is 1. The van der Waals surface area contributed by atoms with Crippen LogP contribution in [0.1, 0.15) is 28.2 Å². The summed E-state index contributed by atoms with van der Waals surface area (Å²) in [4.78, 5) is 15.3. The molecule has 1 aliphatic rings. The number of aromatic carboxylic acids is 1. The zero-order valence-corrected chi connectivity index (χ0v) is 10.0. The number of nitrogens with one attached hydrogen (secondary N) is 1. The van der Waals surface area contributed by atoms with E-state index in [9.17, 15) is 4.79 Å². The number of carbonyl (C=O) groups is 1. The molecule has 5 nitrogen and oxygen atoms in total. The summed E-state index contributed by atoms with van der Waals surface area (Å²) >= 11 is 1.19. The van der Waals surface area contributed by atoms with Gasteiger partial charge in [-0.05, 0) is 19.8 Å². The van der Waals surface area contributed by atoms with Crippen molar-refractivity contribution in [3.8, 4) is 0 Å². The summed E-state index contributed by atoms with van der Waals surface area (Å²) in [6, 6.07) is 0.358. The average Bonchev–Trinajstić information content (AvgIpc) is 2.52. The molecule has 0 aromatic carbocycles. The first kappa shape index (κ1) is 11.3. The lowest BCUT2D eigenvalue weighted by Crippen LogP contribution is -2.40. The lowest BCUT2D eigenvalue weighted by Gasteiger charge is -2.34. The van der Waals surface area contributed by atoms with Gasteiger partial charge in [-0.25, -0.2) is 9.78 Å². The van der Waals surface area contributed by atoms with Crippen molar-refractivity contribution in [1.82, 2.24) is 4.98 Å². The Balaban J connectivity index is 1.96. The summed E-state index contributed by atoms with van der Waals surface area (Å²) in [5.41, 5.74) is 0.572. The van der Waals surface area contributed by atoms with Gasteiger partial charge in [0.1, 0.15) is 4.88 Å². The molecule has 1 fully saturated rings. The second-order valence-corrected chi connectivity index (χ2v) is 4.91. The summed E-state index contributed by atoms with van der Waals surface area (Å²) in [6.45, 7) is 1.71. The van der Waals surface area contributed by atoms with Crippen LogP contribution in [-0.4, -0.2) is 35.3 Å². The van der Waals surface area contributed by atoms with Gasteiger partial charge in [-0.2, -0.15) is 0 Å². The molecule has 2 N–H and O–H groups in total. The lowest BCUT2D eigenvalue weighted by atomic mass is 9.89. The highest BCUT2D eigenvalue weighted by atomic mass is 32.1. The monoisotopic (exact) mass is 242 g/mol. The zero-order chi connectivity index (χ0) is 11.7. The number of aromatic nitrogens is 1. The topological polar surface area (TPSA) is 71.5 Å². The number of anilines is 1. The van der Waals surface area contributed by atoms with Crippen LogP contribution in [0, 0.1) is 6.92 Å². The van der Waals surface area contributed by atoms with E-state index in [1.54, 1.807) is 14.0 Å². The van der Waals surface area contributed by atoms with Crippen LogP contribution in [0.5, 0.6) is 0 Å². The van der Waals surface area contributed by atoms with Gasteiger partial charge < -0.3 is 15.2 Å². The number of ether oxygens (including phenoxy) is 1. The van der Waals surface area contributed by atoms with Crippen LogP contribution in [0.15, 0.2) is 0 Å². The lowest BCUT2D eigenvalue weighted by molar-refractivity contribution is 0.0328. The molecule has 1 heterocycles. The van der Waals surface area contributed by atoms with Crippen LogP contribution < -0.4 is 5.32 Å². The highest BCUT2D eigenvalue weighted by Crippen LogP contribution is 2.29. The van der Waals surface area contributed by atoms with Crippen molar-refractivity contribution in [3.63, 3.8) is 0 Å². The van der Waals surface area contributed by atoms with Gasteiger partial charge in [0.2, 0.25) is 0 Å². The van der Waals surface area contributed by atoms with Gasteiger partial charge in [-0.3, -0.25) is 0 Å². The summed E-state index contributed by atoms with van der Waals surface area (Å²) in [7, 11) is 1.71. The number of carboxylic acid groups (broad SMARTS) is 1. The van der Waals surface area contributed by atoms with E-state index in [1.807, 2.05) is 0 Å². The third kappa shape index (κ3) is 2.17. The molecule has 0 aliphatic heterocycles. The maximum atomic E-state index is 10.8. The molecule has 1 aliphatic carbocycles. The first-order valence-electron chi connectivity index (χ1n) is 5.10. The van der Waals surface area contributed by atoms with E-state index in [0.29, 0.717) is 27.8 Å². The quantitative estimate of drug-likeness (QED) is 0.841.